The van der Waals surface area contributed by atoms with E-state index in [1.54, 1.807) is 6.92 Å². The number of phenolic OH excluding ortho intramolecular Hbond substituents is 2. The number of hydrogen-bond donors (Lipinski definition) is 2. The Bertz CT molecular complexity index is 339. The molecule has 0 saturated heterocycles. The number of ether oxygens (including phenoxy) is 1. The normalized spacial score (nSPS) is 9.79. The lowest BCUT2D eigenvalue weighted by Crippen LogP contribution is -2.18. The van der Waals surface area contributed by atoms with Gasteiger partial charge in [0.05, 0.1) is 12.2 Å². The van der Waals surface area contributed by atoms with Crippen LogP contribution in [0.3, 0.4) is 0 Å². The molecule has 0 fully saturated rings. The van der Waals surface area contributed by atoms with E-state index < -0.39 is 5.97 Å². The number of benzene rings is 1. The maximum Gasteiger partial charge on any atom is 0.341 e. The first kappa shape index (κ1) is 10.4. The smallest absolute Gasteiger partial charge is 0.341 e. The predicted octanol–water partition coefficient (Wildman–Crippen LogP) is 0.0683. The first-order chi connectivity index (χ1) is 6.56. The molecular formula is C9H9BO4. The molecule has 0 aliphatic carbocycles. The van der Waals surface area contributed by atoms with Crippen LogP contribution >= 0.6 is 0 Å². The van der Waals surface area contributed by atoms with Gasteiger partial charge in [-0.1, -0.05) is 5.46 Å². The van der Waals surface area contributed by atoms with Gasteiger partial charge in [-0.2, -0.15) is 0 Å². The maximum atomic E-state index is 11.3. The van der Waals surface area contributed by atoms with Crippen molar-refractivity contribution in [2.24, 2.45) is 0 Å². The van der Waals surface area contributed by atoms with E-state index in [1.165, 1.54) is 6.07 Å². The monoisotopic (exact) mass is 192 g/mol. The highest BCUT2D eigenvalue weighted by atomic mass is 16.5. The first-order valence-corrected chi connectivity index (χ1v) is 4.04. The number of carbonyl (C=O) groups is 1. The summed E-state index contributed by atoms with van der Waals surface area (Å²) in [5.74, 6) is -1.29. The molecule has 0 atom stereocenters. The molecule has 1 aromatic rings. The lowest BCUT2D eigenvalue weighted by molar-refractivity contribution is 0.0525. The van der Waals surface area contributed by atoms with Crippen LogP contribution in [0.2, 0.25) is 0 Å². The molecule has 0 aliphatic heterocycles. The van der Waals surface area contributed by atoms with E-state index in [0.717, 1.165) is 6.07 Å². The Labute approximate surface area is 82.5 Å². The second-order valence-electron chi connectivity index (χ2n) is 2.65. The van der Waals surface area contributed by atoms with Crippen molar-refractivity contribution in [3.63, 3.8) is 0 Å². The van der Waals surface area contributed by atoms with Crippen molar-refractivity contribution >= 4 is 19.3 Å². The minimum Gasteiger partial charge on any atom is -0.508 e. The molecule has 1 rings (SSSR count). The van der Waals surface area contributed by atoms with E-state index in [4.69, 9.17) is 13.0 Å². The largest absolute Gasteiger partial charge is 0.508 e. The summed E-state index contributed by atoms with van der Waals surface area (Å²) in [5.41, 5.74) is -0.134. The number of hydrogen-bond acceptors (Lipinski definition) is 4. The number of esters is 1. The Kier molecular flexibility index (Phi) is 3.01. The highest BCUT2D eigenvalue weighted by Crippen LogP contribution is 2.20. The zero-order valence-electron chi connectivity index (χ0n) is 7.65. The van der Waals surface area contributed by atoms with Crippen molar-refractivity contribution in [3.05, 3.63) is 17.7 Å². The van der Waals surface area contributed by atoms with E-state index in [2.05, 4.69) is 4.74 Å². The number of phenols is 2. The van der Waals surface area contributed by atoms with Crippen LogP contribution in [-0.4, -0.2) is 30.6 Å². The van der Waals surface area contributed by atoms with Crippen LogP contribution in [0.1, 0.15) is 17.3 Å². The Balaban J connectivity index is 3.14. The Morgan fingerprint density at radius 3 is 2.64 bits per heavy atom. The number of aromatic hydroxyl groups is 2. The van der Waals surface area contributed by atoms with Crippen LogP contribution in [-0.2, 0) is 4.74 Å². The molecule has 4 nitrogen and oxygen atoms in total. The summed E-state index contributed by atoms with van der Waals surface area (Å²) in [6.45, 7) is 1.84. The van der Waals surface area contributed by atoms with Crippen LogP contribution in [0, 0.1) is 0 Å². The summed E-state index contributed by atoms with van der Waals surface area (Å²) in [6, 6.07) is 2.20. The molecule has 2 N–H and O–H groups in total. The van der Waals surface area contributed by atoms with Gasteiger partial charge < -0.3 is 14.9 Å². The van der Waals surface area contributed by atoms with Gasteiger partial charge in [-0.3, -0.25) is 0 Å². The van der Waals surface area contributed by atoms with Crippen molar-refractivity contribution in [3.8, 4) is 11.5 Å². The van der Waals surface area contributed by atoms with E-state index in [0.29, 0.717) is 0 Å². The van der Waals surface area contributed by atoms with Crippen LogP contribution in [0.4, 0.5) is 0 Å². The van der Waals surface area contributed by atoms with Gasteiger partial charge in [0.1, 0.15) is 19.3 Å². The zero-order chi connectivity index (χ0) is 10.7. The van der Waals surface area contributed by atoms with Gasteiger partial charge >= 0.3 is 5.97 Å². The van der Waals surface area contributed by atoms with Gasteiger partial charge in [0, 0.05) is 6.07 Å². The lowest BCUT2D eigenvalue weighted by atomic mass is 9.89. The molecule has 0 unspecified atom stereocenters. The van der Waals surface area contributed by atoms with Crippen molar-refractivity contribution in [2.75, 3.05) is 6.61 Å². The highest BCUT2D eigenvalue weighted by Gasteiger charge is 2.15. The molecule has 5 heteroatoms. The average Bonchev–Trinajstić information content (AvgIpc) is 2.01. The molecule has 0 bridgehead atoms. The Morgan fingerprint density at radius 1 is 1.50 bits per heavy atom. The fourth-order valence-electron chi connectivity index (χ4n) is 1.06. The quantitative estimate of drug-likeness (QED) is 0.513. The van der Waals surface area contributed by atoms with Crippen molar-refractivity contribution in [1.29, 1.82) is 0 Å². The summed E-state index contributed by atoms with van der Waals surface area (Å²) in [4.78, 5) is 11.3. The average molecular weight is 192 g/mol. The minimum absolute atomic E-state index is 0.0130. The summed E-state index contributed by atoms with van der Waals surface area (Å²) < 4.78 is 4.67. The third kappa shape index (κ3) is 1.99. The van der Waals surface area contributed by atoms with Crippen LogP contribution in [0.15, 0.2) is 12.1 Å². The molecule has 0 spiro atoms. The highest BCUT2D eigenvalue weighted by molar-refractivity contribution is 6.36. The molecule has 14 heavy (non-hydrogen) atoms. The van der Waals surface area contributed by atoms with E-state index in [1.807, 2.05) is 0 Å². The molecule has 0 saturated carbocycles. The van der Waals surface area contributed by atoms with Gasteiger partial charge in [0.15, 0.2) is 0 Å². The van der Waals surface area contributed by atoms with Gasteiger partial charge in [-0.05, 0) is 13.0 Å². The standard InChI is InChI=1S/C9H9BO4/c1-2-14-9(13)8-6(10)3-5(11)4-7(8)12/h3-4,11-12H,2H2,1H3. The SMILES string of the molecule is [B]c1cc(O)cc(O)c1C(=O)OCC. The van der Waals surface area contributed by atoms with Crippen LogP contribution in [0.25, 0.3) is 0 Å². The van der Waals surface area contributed by atoms with E-state index in [9.17, 15) is 9.90 Å². The third-order valence-corrected chi connectivity index (χ3v) is 1.61. The first-order valence-electron chi connectivity index (χ1n) is 4.04. The zero-order valence-corrected chi connectivity index (χ0v) is 7.65. The molecule has 0 heterocycles. The Hall–Kier alpha value is -1.65. The second-order valence-corrected chi connectivity index (χ2v) is 2.65. The molecule has 2 radical (unpaired) electrons. The summed E-state index contributed by atoms with van der Waals surface area (Å²) >= 11 is 0. The third-order valence-electron chi connectivity index (χ3n) is 1.61. The Morgan fingerprint density at radius 2 is 2.14 bits per heavy atom. The number of rotatable bonds is 2. The van der Waals surface area contributed by atoms with Crippen molar-refractivity contribution in [1.82, 2.24) is 0 Å². The number of carbonyl (C=O) groups excluding carboxylic acids is 1. The molecular weight excluding hydrogens is 183 g/mol. The van der Waals surface area contributed by atoms with Crippen LogP contribution in [0.5, 0.6) is 11.5 Å². The summed E-state index contributed by atoms with van der Waals surface area (Å²) in [6.07, 6.45) is 0. The van der Waals surface area contributed by atoms with Gasteiger partial charge in [0.25, 0.3) is 0 Å². The van der Waals surface area contributed by atoms with Crippen molar-refractivity contribution < 1.29 is 19.7 Å². The van der Waals surface area contributed by atoms with E-state index in [-0.39, 0.29) is 29.1 Å². The van der Waals surface area contributed by atoms with Crippen LogP contribution < -0.4 is 5.46 Å². The fraction of sp³-hybridized carbons (Fsp3) is 0.222. The van der Waals surface area contributed by atoms with Gasteiger partial charge in [0.2, 0.25) is 0 Å². The van der Waals surface area contributed by atoms with E-state index >= 15 is 0 Å². The lowest BCUT2D eigenvalue weighted by Gasteiger charge is -2.08. The molecule has 0 amide bonds. The predicted molar refractivity (Wildman–Crippen MR) is 51.1 cm³/mol. The fourth-order valence-corrected chi connectivity index (χ4v) is 1.06. The molecule has 0 aromatic heterocycles. The second kappa shape index (κ2) is 4.04. The minimum atomic E-state index is -0.706. The molecule has 72 valence electrons. The summed E-state index contributed by atoms with van der Waals surface area (Å²) in [7, 11) is 5.43. The molecule has 1 aromatic carbocycles. The van der Waals surface area contributed by atoms with Crippen molar-refractivity contribution in [2.45, 2.75) is 6.92 Å². The van der Waals surface area contributed by atoms with Gasteiger partial charge in [-0.15, -0.1) is 0 Å². The molecule has 0 aliphatic rings. The maximum absolute atomic E-state index is 11.3. The van der Waals surface area contributed by atoms with Gasteiger partial charge in [-0.25, -0.2) is 4.79 Å². The summed E-state index contributed by atoms with van der Waals surface area (Å²) in [5, 5.41) is 18.4. The topological polar surface area (TPSA) is 66.8 Å².